The van der Waals surface area contributed by atoms with Gasteiger partial charge in [0.05, 0.1) is 23.4 Å². The van der Waals surface area contributed by atoms with Gasteiger partial charge in [0.1, 0.15) is 4.60 Å². The second-order valence-corrected chi connectivity index (χ2v) is 4.75. The number of rotatable bonds is 3. The molecule has 0 atom stereocenters. The predicted octanol–water partition coefficient (Wildman–Crippen LogP) is 3.22. The minimum atomic E-state index is 0.792. The highest BCUT2D eigenvalue weighted by atomic mass is 79.9. The van der Waals surface area contributed by atoms with Crippen LogP contribution in [0.2, 0.25) is 0 Å². The van der Waals surface area contributed by atoms with Crippen LogP contribution in [0.5, 0.6) is 0 Å². The zero-order valence-corrected chi connectivity index (χ0v) is 10.6. The number of thiazole rings is 1. The fourth-order valence-corrected chi connectivity index (χ4v) is 2.30. The number of aryl methyl sites for hydroxylation is 1. The molecule has 0 aromatic carbocycles. The van der Waals surface area contributed by atoms with Crippen molar-refractivity contribution < 1.29 is 0 Å². The van der Waals surface area contributed by atoms with Crippen LogP contribution in [0.15, 0.2) is 28.4 Å². The molecule has 2 aromatic heterocycles. The zero-order chi connectivity index (χ0) is 10.7. The van der Waals surface area contributed by atoms with Crippen LogP contribution in [0, 0.1) is 6.92 Å². The third-order valence-corrected chi connectivity index (χ3v) is 3.61. The molecule has 0 aliphatic heterocycles. The Morgan fingerprint density at radius 1 is 1.47 bits per heavy atom. The standard InChI is InChI=1S/C10H10BrN3S/c1-7-9(15-6-14-7)5-13-8-3-2-4-12-10(8)11/h2-4,6,13H,5H2,1H3. The Morgan fingerprint density at radius 3 is 3.00 bits per heavy atom. The molecule has 0 aliphatic rings. The van der Waals surface area contributed by atoms with Gasteiger partial charge in [-0.2, -0.15) is 0 Å². The van der Waals surface area contributed by atoms with E-state index in [1.807, 2.05) is 24.6 Å². The zero-order valence-electron chi connectivity index (χ0n) is 8.20. The molecule has 1 N–H and O–H groups in total. The van der Waals surface area contributed by atoms with Gasteiger partial charge < -0.3 is 5.32 Å². The van der Waals surface area contributed by atoms with Gasteiger partial charge in [0, 0.05) is 11.1 Å². The third-order valence-electron chi connectivity index (χ3n) is 2.04. The van der Waals surface area contributed by atoms with Crippen molar-refractivity contribution in [3.8, 4) is 0 Å². The Kier molecular flexibility index (Phi) is 3.33. The number of nitrogens with zero attached hydrogens (tertiary/aromatic N) is 2. The van der Waals surface area contributed by atoms with E-state index in [1.165, 1.54) is 4.88 Å². The van der Waals surface area contributed by atoms with Crippen molar-refractivity contribution >= 4 is 33.0 Å². The lowest BCUT2D eigenvalue weighted by Crippen LogP contribution is -2.00. The number of hydrogen-bond acceptors (Lipinski definition) is 4. The van der Waals surface area contributed by atoms with Gasteiger partial charge in [0.2, 0.25) is 0 Å². The minimum absolute atomic E-state index is 0.792. The maximum atomic E-state index is 4.20. The van der Waals surface area contributed by atoms with E-state index in [-0.39, 0.29) is 0 Å². The van der Waals surface area contributed by atoms with Gasteiger partial charge in [-0.05, 0) is 35.0 Å². The van der Waals surface area contributed by atoms with Crippen LogP contribution < -0.4 is 5.32 Å². The van der Waals surface area contributed by atoms with Crippen molar-refractivity contribution in [2.24, 2.45) is 0 Å². The van der Waals surface area contributed by atoms with E-state index in [0.29, 0.717) is 0 Å². The number of nitrogens with one attached hydrogen (secondary N) is 1. The summed E-state index contributed by atoms with van der Waals surface area (Å²) in [5, 5.41) is 3.32. The molecular weight excluding hydrogens is 274 g/mol. The van der Waals surface area contributed by atoms with Crippen LogP contribution in [-0.2, 0) is 6.54 Å². The Morgan fingerprint density at radius 2 is 2.33 bits per heavy atom. The van der Waals surface area contributed by atoms with Crippen molar-refractivity contribution in [1.82, 2.24) is 9.97 Å². The van der Waals surface area contributed by atoms with Gasteiger partial charge in [0.15, 0.2) is 0 Å². The molecule has 0 saturated heterocycles. The van der Waals surface area contributed by atoms with E-state index in [2.05, 4.69) is 31.2 Å². The fraction of sp³-hybridized carbons (Fsp3) is 0.200. The van der Waals surface area contributed by atoms with Crippen LogP contribution in [0.4, 0.5) is 5.69 Å². The Bertz CT molecular complexity index is 455. The van der Waals surface area contributed by atoms with E-state index in [9.17, 15) is 0 Å². The normalized spacial score (nSPS) is 10.3. The molecule has 0 spiro atoms. The second kappa shape index (κ2) is 4.72. The van der Waals surface area contributed by atoms with Gasteiger partial charge in [-0.15, -0.1) is 11.3 Å². The molecule has 0 radical (unpaired) electrons. The van der Waals surface area contributed by atoms with Crippen molar-refractivity contribution in [3.63, 3.8) is 0 Å². The van der Waals surface area contributed by atoms with Gasteiger partial charge in [0.25, 0.3) is 0 Å². The molecule has 0 aliphatic carbocycles. The van der Waals surface area contributed by atoms with Gasteiger partial charge in [-0.25, -0.2) is 9.97 Å². The number of hydrogen-bond donors (Lipinski definition) is 1. The Labute approximate surface area is 101 Å². The highest BCUT2D eigenvalue weighted by Crippen LogP contribution is 2.20. The van der Waals surface area contributed by atoms with Crippen molar-refractivity contribution in [3.05, 3.63) is 39.0 Å². The Hall–Kier alpha value is -0.940. The van der Waals surface area contributed by atoms with Crippen molar-refractivity contribution in [2.75, 3.05) is 5.32 Å². The van der Waals surface area contributed by atoms with Crippen LogP contribution in [0.1, 0.15) is 10.6 Å². The summed E-state index contributed by atoms with van der Waals surface area (Å²) in [6.45, 7) is 2.81. The summed E-state index contributed by atoms with van der Waals surface area (Å²) in [5.74, 6) is 0. The molecule has 2 aromatic rings. The van der Waals surface area contributed by atoms with Crippen LogP contribution in [0.25, 0.3) is 0 Å². The van der Waals surface area contributed by atoms with E-state index in [4.69, 9.17) is 0 Å². The molecule has 0 bridgehead atoms. The summed E-state index contributed by atoms with van der Waals surface area (Å²) < 4.78 is 0.840. The maximum Gasteiger partial charge on any atom is 0.129 e. The van der Waals surface area contributed by atoms with Crippen LogP contribution >= 0.6 is 27.3 Å². The first-order valence-corrected chi connectivity index (χ1v) is 6.18. The molecule has 3 nitrogen and oxygen atoms in total. The second-order valence-electron chi connectivity index (χ2n) is 3.06. The molecule has 2 heterocycles. The summed E-state index contributed by atoms with van der Waals surface area (Å²) in [6.07, 6.45) is 1.76. The average molecular weight is 284 g/mol. The topological polar surface area (TPSA) is 37.8 Å². The molecule has 78 valence electrons. The quantitative estimate of drug-likeness (QED) is 0.879. The van der Waals surface area contributed by atoms with Gasteiger partial charge in [-0.3, -0.25) is 0 Å². The van der Waals surface area contributed by atoms with Crippen molar-refractivity contribution in [1.29, 1.82) is 0 Å². The molecule has 5 heteroatoms. The number of halogens is 1. The molecule has 0 amide bonds. The number of aromatic nitrogens is 2. The molecule has 0 fully saturated rings. The highest BCUT2D eigenvalue weighted by molar-refractivity contribution is 9.10. The number of pyridine rings is 1. The van der Waals surface area contributed by atoms with Crippen LogP contribution in [0.3, 0.4) is 0 Å². The summed E-state index contributed by atoms with van der Waals surface area (Å²) >= 11 is 5.06. The maximum absolute atomic E-state index is 4.20. The first-order valence-electron chi connectivity index (χ1n) is 4.50. The lowest BCUT2D eigenvalue weighted by molar-refractivity contribution is 1.11. The molecule has 2 rings (SSSR count). The fourth-order valence-electron chi connectivity index (χ4n) is 1.19. The van der Waals surface area contributed by atoms with E-state index in [0.717, 1.165) is 22.5 Å². The van der Waals surface area contributed by atoms with Gasteiger partial charge in [-0.1, -0.05) is 0 Å². The smallest absolute Gasteiger partial charge is 0.129 e. The molecular formula is C10H10BrN3S. The summed E-state index contributed by atoms with van der Waals surface area (Å²) in [5.41, 5.74) is 3.96. The minimum Gasteiger partial charge on any atom is -0.378 e. The SMILES string of the molecule is Cc1ncsc1CNc1cccnc1Br. The summed E-state index contributed by atoms with van der Waals surface area (Å²) in [4.78, 5) is 9.60. The van der Waals surface area contributed by atoms with Gasteiger partial charge >= 0.3 is 0 Å². The molecule has 0 unspecified atom stereocenters. The molecule has 15 heavy (non-hydrogen) atoms. The largest absolute Gasteiger partial charge is 0.378 e. The van der Waals surface area contributed by atoms with E-state index >= 15 is 0 Å². The first kappa shape index (κ1) is 10.6. The monoisotopic (exact) mass is 283 g/mol. The molecule has 0 saturated carbocycles. The summed E-state index contributed by atoms with van der Waals surface area (Å²) in [7, 11) is 0. The Balaban J connectivity index is 2.06. The predicted molar refractivity (Wildman–Crippen MR) is 66.1 cm³/mol. The van der Waals surface area contributed by atoms with Crippen molar-refractivity contribution in [2.45, 2.75) is 13.5 Å². The van der Waals surface area contributed by atoms with E-state index < -0.39 is 0 Å². The third kappa shape index (κ3) is 2.54. The highest BCUT2D eigenvalue weighted by Gasteiger charge is 2.02. The summed E-state index contributed by atoms with van der Waals surface area (Å²) in [6, 6.07) is 3.90. The van der Waals surface area contributed by atoms with Crippen LogP contribution in [-0.4, -0.2) is 9.97 Å². The lowest BCUT2D eigenvalue weighted by Gasteiger charge is -2.06. The number of anilines is 1. The average Bonchev–Trinajstić information content (AvgIpc) is 2.63. The van der Waals surface area contributed by atoms with E-state index in [1.54, 1.807) is 17.5 Å². The first-order chi connectivity index (χ1) is 7.27. The lowest BCUT2D eigenvalue weighted by atomic mass is 10.3.